The van der Waals surface area contributed by atoms with Gasteiger partial charge in [-0.25, -0.2) is 0 Å². The lowest BCUT2D eigenvalue weighted by Gasteiger charge is -2.26. The highest BCUT2D eigenvalue weighted by Gasteiger charge is 2.22. The van der Waals surface area contributed by atoms with Crippen molar-refractivity contribution >= 4 is 0 Å². The first-order valence-electron chi connectivity index (χ1n) is 5.84. The maximum Gasteiger partial charge on any atom is 0.231 e. The van der Waals surface area contributed by atoms with Crippen LogP contribution >= 0.6 is 0 Å². The molecular weight excluding hydrogens is 202 g/mol. The van der Waals surface area contributed by atoms with E-state index in [2.05, 4.69) is 19.9 Å². The van der Waals surface area contributed by atoms with Crippen LogP contribution in [0.3, 0.4) is 0 Å². The average Bonchev–Trinajstić information content (AvgIpc) is 2.76. The van der Waals surface area contributed by atoms with Gasteiger partial charge in [0.1, 0.15) is 0 Å². The standard InChI is InChI=1S/C13H19NO2/c1-3-13(14,4-2)8-10-5-6-11-12(7-10)16-9-15-11/h5-7H,3-4,8-9,14H2,1-2H3. The second kappa shape index (κ2) is 4.34. The summed E-state index contributed by atoms with van der Waals surface area (Å²) < 4.78 is 10.6. The molecule has 88 valence electrons. The van der Waals surface area contributed by atoms with Crippen LogP contribution in [0.5, 0.6) is 11.5 Å². The first-order valence-corrected chi connectivity index (χ1v) is 5.84. The maximum absolute atomic E-state index is 6.30. The van der Waals surface area contributed by atoms with Crippen molar-refractivity contribution in [3.8, 4) is 11.5 Å². The summed E-state index contributed by atoms with van der Waals surface area (Å²) in [4.78, 5) is 0. The Hall–Kier alpha value is -1.22. The predicted molar refractivity (Wildman–Crippen MR) is 63.8 cm³/mol. The van der Waals surface area contributed by atoms with Crippen molar-refractivity contribution in [2.45, 2.75) is 38.6 Å². The van der Waals surface area contributed by atoms with Gasteiger partial charge in [0, 0.05) is 5.54 Å². The van der Waals surface area contributed by atoms with Gasteiger partial charge in [0.15, 0.2) is 11.5 Å². The highest BCUT2D eigenvalue weighted by molar-refractivity contribution is 5.44. The zero-order valence-electron chi connectivity index (χ0n) is 9.95. The summed E-state index contributed by atoms with van der Waals surface area (Å²) in [6.07, 6.45) is 2.85. The summed E-state index contributed by atoms with van der Waals surface area (Å²) in [5.74, 6) is 1.67. The summed E-state index contributed by atoms with van der Waals surface area (Å²) >= 11 is 0. The van der Waals surface area contributed by atoms with E-state index in [9.17, 15) is 0 Å². The Morgan fingerprint density at radius 1 is 1.19 bits per heavy atom. The number of hydrogen-bond acceptors (Lipinski definition) is 3. The van der Waals surface area contributed by atoms with Crippen LogP contribution in [0.4, 0.5) is 0 Å². The Morgan fingerprint density at radius 3 is 2.56 bits per heavy atom. The van der Waals surface area contributed by atoms with E-state index in [0.29, 0.717) is 6.79 Å². The number of rotatable bonds is 4. The average molecular weight is 221 g/mol. The molecule has 3 nitrogen and oxygen atoms in total. The Labute approximate surface area is 96.5 Å². The van der Waals surface area contributed by atoms with Crippen molar-refractivity contribution in [3.63, 3.8) is 0 Å². The highest BCUT2D eigenvalue weighted by atomic mass is 16.7. The minimum atomic E-state index is -0.103. The van der Waals surface area contributed by atoms with Crippen molar-refractivity contribution < 1.29 is 9.47 Å². The van der Waals surface area contributed by atoms with E-state index in [0.717, 1.165) is 30.8 Å². The first-order chi connectivity index (χ1) is 7.67. The van der Waals surface area contributed by atoms with Gasteiger partial charge in [-0.3, -0.25) is 0 Å². The molecule has 0 fully saturated rings. The smallest absolute Gasteiger partial charge is 0.231 e. The van der Waals surface area contributed by atoms with Gasteiger partial charge in [0.05, 0.1) is 0 Å². The van der Waals surface area contributed by atoms with Gasteiger partial charge in [-0.1, -0.05) is 19.9 Å². The Morgan fingerprint density at radius 2 is 1.88 bits per heavy atom. The van der Waals surface area contributed by atoms with Gasteiger partial charge < -0.3 is 15.2 Å². The van der Waals surface area contributed by atoms with E-state index in [4.69, 9.17) is 15.2 Å². The molecule has 3 heteroatoms. The molecule has 1 aromatic carbocycles. The first kappa shape index (κ1) is 11.3. The number of benzene rings is 1. The number of fused-ring (bicyclic) bond motifs is 1. The molecule has 0 amide bonds. The minimum absolute atomic E-state index is 0.103. The van der Waals surface area contributed by atoms with E-state index in [1.54, 1.807) is 0 Å². The summed E-state index contributed by atoms with van der Waals surface area (Å²) in [6, 6.07) is 6.07. The number of hydrogen-bond donors (Lipinski definition) is 1. The lowest BCUT2D eigenvalue weighted by atomic mass is 9.87. The number of ether oxygens (including phenoxy) is 2. The molecular formula is C13H19NO2. The molecule has 0 radical (unpaired) electrons. The molecule has 1 aliphatic rings. The second-order valence-electron chi connectivity index (χ2n) is 4.43. The molecule has 1 heterocycles. The zero-order valence-corrected chi connectivity index (χ0v) is 9.95. The van der Waals surface area contributed by atoms with Crippen LogP contribution in [-0.2, 0) is 6.42 Å². The molecule has 0 unspecified atom stereocenters. The Balaban J connectivity index is 2.16. The van der Waals surface area contributed by atoms with Crippen LogP contribution in [0, 0.1) is 0 Å². The SMILES string of the molecule is CCC(N)(CC)Cc1ccc2c(c1)OCO2. The molecule has 1 aliphatic heterocycles. The Bertz CT molecular complexity index is 372. The van der Waals surface area contributed by atoms with Gasteiger partial charge in [0.25, 0.3) is 0 Å². The fourth-order valence-electron chi connectivity index (χ4n) is 1.96. The van der Waals surface area contributed by atoms with Crippen LogP contribution in [0.2, 0.25) is 0 Å². The lowest BCUT2D eigenvalue weighted by molar-refractivity contribution is 0.174. The molecule has 0 saturated carbocycles. The largest absolute Gasteiger partial charge is 0.454 e. The van der Waals surface area contributed by atoms with E-state index in [-0.39, 0.29) is 5.54 Å². The van der Waals surface area contributed by atoms with Crippen molar-refractivity contribution in [2.24, 2.45) is 5.73 Å². The highest BCUT2D eigenvalue weighted by Crippen LogP contribution is 2.33. The molecule has 2 N–H and O–H groups in total. The summed E-state index contributed by atoms with van der Waals surface area (Å²) in [6.45, 7) is 4.60. The summed E-state index contributed by atoms with van der Waals surface area (Å²) in [5.41, 5.74) is 7.42. The monoisotopic (exact) mass is 221 g/mol. The molecule has 0 saturated heterocycles. The summed E-state index contributed by atoms with van der Waals surface area (Å²) in [5, 5.41) is 0. The topological polar surface area (TPSA) is 44.5 Å². The quantitative estimate of drug-likeness (QED) is 0.849. The van der Waals surface area contributed by atoms with E-state index >= 15 is 0 Å². The third kappa shape index (κ3) is 2.14. The predicted octanol–water partition coefficient (Wildman–Crippen LogP) is 2.48. The van der Waals surface area contributed by atoms with Crippen LogP contribution < -0.4 is 15.2 Å². The van der Waals surface area contributed by atoms with E-state index in [1.807, 2.05) is 12.1 Å². The fourth-order valence-corrected chi connectivity index (χ4v) is 1.96. The second-order valence-corrected chi connectivity index (χ2v) is 4.43. The van der Waals surface area contributed by atoms with E-state index in [1.165, 1.54) is 5.56 Å². The van der Waals surface area contributed by atoms with Crippen molar-refractivity contribution in [3.05, 3.63) is 23.8 Å². The van der Waals surface area contributed by atoms with Crippen LogP contribution in [0.15, 0.2) is 18.2 Å². The third-order valence-electron chi connectivity index (χ3n) is 3.40. The zero-order chi connectivity index (χ0) is 11.6. The van der Waals surface area contributed by atoms with Crippen molar-refractivity contribution in [1.82, 2.24) is 0 Å². The third-order valence-corrected chi connectivity index (χ3v) is 3.40. The van der Waals surface area contributed by atoms with Crippen LogP contribution in [-0.4, -0.2) is 12.3 Å². The van der Waals surface area contributed by atoms with Gasteiger partial charge in [-0.15, -0.1) is 0 Å². The molecule has 0 aliphatic carbocycles. The normalized spacial score (nSPS) is 14.2. The molecule has 0 bridgehead atoms. The molecule has 0 aromatic heterocycles. The molecule has 0 atom stereocenters. The van der Waals surface area contributed by atoms with Crippen molar-refractivity contribution in [2.75, 3.05) is 6.79 Å². The van der Waals surface area contributed by atoms with E-state index < -0.39 is 0 Å². The van der Waals surface area contributed by atoms with Gasteiger partial charge in [-0.05, 0) is 37.0 Å². The van der Waals surface area contributed by atoms with Crippen LogP contribution in [0.1, 0.15) is 32.3 Å². The van der Waals surface area contributed by atoms with Crippen LogP contribution in [0.25, 0.3) is 0 Å². The van der Waals surface area contributed by atoms with Gasteiger partial charge >= 0.3 is 0 Å². The Kier molecular flexibility index (Phi) is 3.06. The molecule has 0 spiro atoms. The molecule has 1 aromatic rings. The van der Waals surface area contributed by atoms with Gasteiger partial charge in [0.2, 0.25) is 6.79 Å². The maximum atomic E-state index is 6.30. The minimum Gasteiger partial charge on any atom is -0.454 e. The van der Waals surface area contributed by atoms with Gasteiger partial charge in [-0.2, -0.15) is 0 Å². The summed E-state index contributed by atoms with van der Waals surface area (Å²) in [7, 11) is 0. The fraction of sp³-hybridized carbons (Fsp3) is 0.538. The molecule has 16 heavy (non-hydrogen) atoms. The molecule has 2 rings (SSSR count). The lowest BCUT2D eigenvalue weighted by Crippen LogP contribution is -2.40. The van der Waals surface area contributed by atoms with Crippen molar-refractivity contribution in [1.29, 1.82) is 0 Å². The number of nitrogens with two attached hydrogens (primary N) is 1.